The Morgan fingerprint density at radius 1 is 1.25 bits per heavy atom. The van der Waals surface area contributed by atoms with Crippen molar-refractivity contribution < 1.29 is 4.79 Å². The fraction of sp³-hybridized carbons (Fsp3) is 0.526. The van der Waals surface area contributed by atoms with Crippen LogP contribution in [0.1, 0.15) is 37.7 Å². The smallest absolute Gasteiger partial charge is 0.270 e. The molecule has 1 aromatic rings. The summed E-state index contributed by atoms with van der Waals surface area (Å²) in [5, 5.41) is 1.11. The van der Waals surface area contributed by atoms with E-state index in [4.69, 9.17) is 23.2 Å². The van der Waals surface area contributed by atoms with Gasteiger partial charge in [0, 0.05) is 25.7 Å². The van der Waals surface area contributed by atoms with Gasteiger partial charge in [0.15, 0.2) is 0 Å². The van der Waals surface area contributed by atoms with Gasteiger partial charge >= 0.3 is 0 Å². The summed E-state index contributed by atoms with van der Waals surface area (Å²) < 4.78 is 0. The molecule has 2 aliphatic heterocycles. The molecule has 4 rings (SSSR count). The molecular formula is C19H22Cl2N2O. The Balaban J connectivity index is 1.57. The van der Waals surface area contributed by atoms with E-state index in [1.54, 1.807) is 6.07 Å². The Kier molecular flexibility index (Phi) is 4.48. The van der Waals surface area contributed by atoms with Gasteiger partial charge in [-0.1, -0.05) is 41.4 Å². The summed E-state index contributed by atoms with van der Waals surface area (Å²) in [7, 11) is 0. The molecule has 1 aromatic carbocycles. The van der Waals surface area contributed by atoms with Gasteiger partial charge in [0.25, 0.3) is 5.91 Å². The second kappa shape index (κ2) is 6.61. The SMILES string of the molecule is O=C(C1=CCC2CCCN1C2)N(Cc1cccc(Cl)c1Cl)C1CC1. The molecule has 1 atom stereocenters. The number of piperidine rings is 1. The Labute approximate surface area is 153 Å². The van der Waals surface area contributed by atoms with Gasteiger partial charge < -0.3 is 9.80 Å². The molecule has 3 nitrogen and oxygen atoms in total. The van der Waals surface area contributed by atoms with Crippen molar-refractivity contribution in [2.45, 2.75) is 44.7 Å². The molecule has 0 radical (unpaired) electrons. The average Bonchev–Trinajstić information content (AvgIpc) is 3.41. The molecule has 0 aromatic heterocycles. The van der Waals surface area contributed by atoms with Crippen molar-refractivity contribution in [2.24, 2.45) is 5.92 Å². The number of hydrogen-bond donors (Lipinski definition) is 0. The molecule has 24 heavy (non-hydrogen) atoms. The third kappa shape index (κ3) is 3.16. The quantitative estimate of drug-likeness (QED) is 0.785. The van der Waals surface area contributed by atoms with Crippen LogP contribution in [-0.2, 0) is 11.3 Å². The molecule has 1 amide bonds. The highest BCUT2D eigenvalue weighted by molar-refractivity contribution is 6.42. The lowest BCUT2D eigenvalue weighted by molar-refractivity contribution is -0.130. The maximum Gasteiger partial charge on any atom is 0.270 e. The maximum atomic E-state index is 13.2. The first-order valence-electron chi connectivity index (χ1n) is 8.82. The molecule has 2 bridgehead atoms. The zero-order valence-corrected chi connectivity index (χ0v) is 15.2. The van der Waals surface area contributed by atoms with Crippen molar-refractivity contribution >= 4 is 29.1 Å². The van der Waals surface area contributed by atoms with E-state index < -0.39 is 0 Å². The van der Waals surface area contributed by atoms with Crippen LogP contribution in [-0.4, -0.2) is 34.8 Å². The van der Waals surface area contributed by atoms with Crippen LogP contribution in [0.4, 0.5) is 0 Å². The van der Waals surface area contributed by atoms with Gasteiger partial charge in [0.1, 0.15) is 0 Å². The summed E-state index contributed by atoms with van der Waals surface area (Å²) in [6, 6.07) is 5.99. The molecule has 1 unspecified atom stereocenters. The van der Waals surface area contributed by atoms with E-state index in [0.717, 1.165) is 49.5 Å². The minimum absolute atomic E-state index is 0.161. The van der Waals surface area contributed by atoms with Gasteiger partial charge in [0.2, 0.25) is 0 Å². The Morgan fingerprint density at radius 2 is 2.08 bits per heavy atom. The van der Waals surface area contributed by atoms with E-state index in [2.05, 4.69) is 11.0 Å². The lowest BCUT2D eigenvalue weighted by Crippen LogP contribution is -2.45. The second-order valence-electron chi connectivity index (χ2n) is 7.16. The summed E-state index contributed by atoms with van der Waals surface area (Å²) in [4.78, 5) is 17.5. The Bertz CT molecular complexity index is 684. The zero-order valence-electron chi connectivity index (χ0n) is 13.7. The molecule has 1 saturated heterocycles. The van der Waals surface area contributed by atoms with E-state index in [0.29, 0.717) is 22.6 Å². The van der Waals surface area contributed by atoms with Crippen molar-refractivity contribution in [2.75, 3.05) is 13.1 Å². The number of nitrogens with zero attached hydrogens (tertiary/aromatic N) is 2. The molecule has 2 heterocycles. The molecule has 128 valence electrons. The second-order valence-corrected chi connectivity index (χ2v) is 7.94. The maximum absolute atomic E-state index is 13.2. The lowest BCUT2D eigenvalue weighted by atomic mass is 9.90. The summed E-state index contributed by atoms with van der Waals surface area (Å²) in [6.45, 7) is 2.58. The molecule has 5 heteroatoms. The van der Waals surface area contributed by atoms with Crippen molar-refractivity contribution in [3.8, 4) is 0 Å². The van der Waals surface area contributed by atoms with Crippen LogP contribution in [0.15, 0.2) is 30.0 Å². The molecule has 2 fully saturated rings. The monoisotopic (exact) mass is 364 g/mol. The first-order valence-corrected chi connectivity index (χ1v) is 9.58. The van der Waals surface area contributed by atoms with Crippen LogP contribution >= 0.6 is 23.2 Å². The largest absolute Gasteiger partial charge is 0.367 e. The number of carbonyl (C=O) groups excluding carboxylic acids is 1. The standard InChI is InChI=1S/C19H22Cl2N2O/c20-16-5-1-4-14(18(16)21)12-23(15-7-8-15)19(24)17-9-6-13-3-2-10-22(17)11-13/h1,4-5,9,13,15H,2-3,6-8,10-12H2. The summed E-state index contributed by atoms with van der Waals surface area (Å²) in [5.74, 6) is 0.890. The van der Waals surface area contributed by atoms with Crippen molar-refractivity contribution in [3.63, 3.8) is 0 Å². The lowest BCUT2D eigenvalue weighted by Gasteiger charge is -2.40. The number of benzene rings is 1. The third-order valence-corrected chi connectivity index (χ3v) is 6.20. The van der Waals surface area contributed by atoms with Gasteiger partial charge in [-0.25, -0.2) is 0 Å². The minimum atomic E-state index is 0.161. The van der Waals surface area contributed by atoms with Crippen LogP contribution < -0.4 is 0 Å². The fourth-order valence-corrected chi connectivity index (χ4v) is 4.24. The third-order valence-electron chi connectivity index (χ3n) is 5.34. The van der Waals surface area contributed by atoms with Crippen LogP contribution in [0.2, 0.25) is 10.0 Å². The number of fused-ring (bicyclic) bond motifs is 2. The van der Waals surface area contributed by atoms with E-state index in [1.165, 1.54) is 12.8 Å². The molecule has 1 saturated carbocycles. The number of carbonyl (C=O) groups is 1. The van der Waals surface area contributed by atoms with Gasteiger partial charge in [-0.2, -0.15) is 0 Å². The van der Waals surface area contributed by atoms with Crippen LogP contribution in [0.25, 0.3) is 0 Å². The highest BCUT2D eigenvalue weighted by Gasteiger charge is 2.37. The number of halogens is 2. The minimum Gasteiger partial charge on any atom is -0.367 e. The van der Waals surface area contributed by atoms with Crippen molar-refractivity contribution in [1.29, 1.82) is 0 Å². The summed E-state index contributed by atoms with van der Waals surface area (Å²) in [6.07, 6.45) is 7.84. The normalized spacial score (nSPS) is 23.0. The average molecular weight is 365 g/mol. The topological polar surface area (TPSA) is 23.6 Å². The predicted molar refractivity (Wildman–Crippen MR) is 97.0 cm³/mol. The van der Waals surface area contributed by atoms with E-state index in [1.807, 2.05) is 17.0 Å². The number of amides is 1. The molecular weight excluding hydrogens is 343 g/mol. The predicted octanol–water partition coefficient (Wildman–Crippen LogP) is 4.48. The number of hydrogen-bond acceptors (Lipinski definition) is 2. The molecule has 1 aliphatic carbocycles. The molecule has 0 spiro atoms. The zero-order chi connectivity index (χ0) is 16.7. The first-order chi connectivity index (χ1) is 11.6. The number of allylic oxidation sites excluding steroid dienone is 1. The van der Waals surface area contributed by atoms with E-state index in [-0.39, 0.29) is 5.91 Å². The van der Waals surface area contributed by atoms with Crippen LogP contribution in [0.5, 0.6) is 0 Å². The molecule has 0 N–H and O–H groups in total. The van der Waals surface area contributed by atoms with Gasteiger partial charge in [-0.3, -0.25) is 4.79 Å². The van der Waals surface area contributed by atoms with Gasteiger partial charge in [-0.05, 0) is 49.7 Å². The fourth-order valence-electron chi connectivity index (χ4n) is 3.86. The summed E-state index contributed by atoms with van der Waals surface area (Å²) in [5.41, 5.74) is 1.83. The van der Waals surface area contributed by atoms with Crippen molar-refractivity contribution in [1.82, 2.24) is 9.80 Å². The van der Waals surface area contributed by atoms with E-state index >= 15 is 0 Å². The summed E-state index contributed by atoms with van der Waals surface area (Å²) >= 11 is 12.5. The first kappa shape index (κ1) is 16.3. The van der Waals surface area contributed by atoms with Gasteiger partial charge in [0.05, 0.1) is 15.7 Å². The Morgan fingerprint density at radius 3 is 2.88 bits per heavy atom. The van der Waals surface area contributed by atoms with Crippen LogP contribution in [0.3, 0.4) is 0 Å². The van der Waals surface area contributed by atoms with E-state index in [9.17, 15) is 4.79 Å². The number of rotatable bonds is 4. The molecule has 3 aliphatic rings. The van der Waals surface area contributed by atoms with Crippen LogP contribution in [0, 0.1) is 5.92 Å². The van der Waals surface area contributed by atoms with Crippen molar-refractivity contribution in [3.05, 3.63) is 45.6 Å². The highest BCUT2D eigenvalue weighted by atomic mass is 35.5. The van der Waals surface area contributed by atoms with Gasteiger partial charge in [-0.15, -0.1) is 0 Å². The Hall–Kier alpha value is -1.19. The highest BCUT2D eigenvalue weighted by Crippen LogP contribution is 2.35.